The summed E-state index contributed by atoms with van der Waals surface area (Å²) < 4.78 is 44.8. The third-order valence-electron chi connectivity index (χ3n) is 7.93. The number of carbonyl (C=O) groups is 2. The van der Waals surface area contributed by atoms with Crippen LogP contribution in [0.25, 0.3) is 16.8 Å². The van der Waals surface area contributed by atoms with Crippen LogP contribution >= 0.6 is 12.4 Å². The normalized spacial score (nSPS) is 11.9. The highest BCUT2D eigenvalue weighted by Crippen LogP contribution is 2.35. The van der Waals surface area contributed by atoms with Crippen molar-refractivity contribution < 1.29 is 27.1 Å². The zero-order chi connectivity index (χ0) is 33.7. The molecule has 2 heterocycles. The van der Waals surface area contributed by atoms with E-state index in [1.807, 2.05) is 37.3 Å². The number of nitrogens with one attached hydrogen (secondary N) is 1. The van der Waals surface area contributed by atoms with Crippen LogP contribution in [-0.2, 0) is 25.8 Å². The number of ketones is 1. The molecule has 48 heavy (non-hydrogen) atoms. The van der Waals surface area contributed by atoms with Crippen molar-refractivity contribution in [3.8, 4) is 16.9 Å². The number of benzene rings is 3. The maximum Gasteiger partial charge on any atom is 0.257 e. The van der Waals surface area contributed by atoms with Crippen molar-refractivity contribution in [1.29, 1.82) is 0 Å². The maximum absolute atomic E-state index is 13.6. The van der Waals surface area contributed by atoms with E-state index in [1.165, 1.54) is 42.3 Å². The minimum absolute atomic E-state index is 0. The van der Waals surface area contributed by atoms with Gasteiger partial charge >= 0.3 is 0 Å². The summed E-state index contributed by atoms with van der Waals surface area (Å²) in [6, 6.07) is 21.7. The van der Waals surface area contributed by atoms with Gasteiger partial charge in [-0.3, -0.25) is 9.59 Å². The molecule has 0 bridgehead atoms. The molecule has 0 saturated carbocycles. The van der Waals surface area contributed by atoms with E-state index >= 15 is 0 Å². The number of amides is 1. The standard InChI is InChI=1S/C35H36FN5O5S.ClH/c1-23(25-11-14-28(36)15-12-25)31(42)20-24-7-9-26(10-8-24)27-13-18-33-38-35(39-40(33)22-27)41(34(43)6-5-19-37-2)30-17-16-29(47(4,44)45)21-32(30)46-3;/h7-18,21-23,37H,5-6,19-20H2,1-4H3;1H/t23-;/m1./s1. The van der Waals surface area contributed by atoms with Gasteiger partial charge in [0.2, 0.25) is 5.91 Å². The zero-order valence-electron chi connectivity index (χ0n) is 27.0. The van der Waals surface area contributed by atoms with Gasteiger partial charge in [0.05, 0.1) is 17.7 Å². The van der Waals surface area contributed by atoms with Crippen LogP contribution in [0.2, 0.25) is 0 Å². The summed E-state index contributed by atoms with van der Waals surface area (Å²) in [6.07, 6.45) is 3.91. The van der Waals surface area contributed by atoms with Crippen LogP contribution in [0.1, 0.15) is 36.8 Å². The smallest absolute Gasteiger partial charge is 0.257 e. The van der Waals surface area contributed by atoms with E-state index in [0.29, 0.717) is 24.3 Å². The Labute approximate surface area is 285 Å². The van der Waals surface area contributed by atoms with Gasteiger partial charge in [-0.1, -0.05) is 43.3 Å². The number of carbonyl (C=O) groups excluding carboxylic acids is 2. The molecule has 5 rings (SSSR count). The van der Waals surface area contributed by atoms with Gasteiger partial charge in [0.15, 0.2) is 15.5 Å². The van der Waals surface area contributed by atoms with Gasteiger partial charge in [0, 0.05) is 42.8 Å². The number of anilines is 2. The number of aromatic nitrogens is 3. The lowest BCUT2D eigenvalue weighted by Gasteiger charge is -2.22. The lowest BCUT2D eigenvalue weighted by atomic mass is 9.92. The lowest BCUT2D eigenvalue weighted by molar-refractivity contribution is -0.119. The van der Waals surface area contributed by atoms with Crippen LogP contribution in [0.15, 0.2) is 90.0 Å². The average Bonchev–Trinajstić information content (AvgIpc) is 3.48. The van der Waals surface area contributed by atoms with Crippen LogP contribution in [0.3, 0.4) is 0 Å². The van der Waals surface area contributed by atoms with Gasteiger partial charge in [-0.25, -0.2) is 22.2 Å². The Balaban J connectivity index is 0.00000520. The molecule has 13 heteroatoms. The number of hydrogen-bond acceptors (Lipinski definition) is 8. The largest absolute Gasteiger partial charge is 0.495 e. The molecule has 1 N–H and O–H groups in total. The number of sulfone groups is 1. The second-order valence-corrected chi connectivity index (χ2v) is 13.3. The SMILES string of the molecule is CNCCCC(=O)N(c1nc2ccc(-c3ccc(CC(=O)[C@H](C)c4ccc(F)cc4)cc3)cn2n1)c1ccc(S(C)(=O)=O)cc1OC.Cl. The second kappa shape index (κ2) is 15.5. The van der Waals surface area contributed by atoms with Crippen molar-refractivity contribution in [3.63, 3.8) is 0 Å². The van der Waals surface area contributed by atoms with Crippen molar-refractivity contribution in [2.75, 3.05) is 31.9 Å². The lowest BCUT2D eigenvalue weighted by Crippen LogP contribution is -2.28. The van der Waals surface area contributed by atoms with Crippen molar-refractivity contribution >= 4 is 51.2 Å². The molecule has 0 unspecified atom stereocenters. The van der Waals surface area contributed by atoms with E-state index in [4.69, 9.17) is 4.74 Å². The molecular formula is C35H37ClFN5O5S. The first-order chi connectivity index (χ1) is 22.5. The topological polar surface area (TPSA) is 123 Å². The Kier molecular flexibility index (Phi) is 11.7. The number of ether oxygens (including phenoxy) is 1. The van der Waals surface area contributed by atoms with Gasteiger partial charge in [-0.15, -0.1) is 17.5 Å². The molecule has 10 nitrogen and oxygen atoms in total. The molecule has 252 valence electrons. The van der Waals surface area contributed by atoms with E-state index in [9.17, 15) is 22.4 Å². The van der Waals surface area contributed by atoms with Gasteiger partial charge in [-0.2, -0.15) is 4.98 Å². The summed E-state index contributed by atoms with van der Waals surface area (Å²) in [4.78, 5) is 32.5. The Bertz CT molecular complexity index is 2020. The molecule has 0 spiro atoms. The second-order valence-electron chi connectivity index (χ2n) is 11.3. The molecule has 1 amide bonds. The number of fused-ring (bicyclic) bond motifs is 1. The summed E-state index contributed by atoms with van der Waals surface area (Å²) in [7, 11) is -0.299. The van der Waals surface area contributed by atoms with E-state index in [2.05, 4.69) is 15.4 Å². The van der Waals surface area contributed by atoms with E-state index in [1.54, 1.807) is 36.0 Å². The van der Waals surface area contributed by atoms with E-state index < -0.39 is 9.84 Å². The number of methoxy groups -OCH3 is 1. The maximum atomic E-state index is 13.6. The Morgan fingerprint density at radius 3 is 2.33 bits per heavy atom. The van der Waals surface area contributed by atoms with Crippen molar-refractivity contribution in [2.24, 2.45) is 0 Å². The van der Waals surface area contributed by atoms with Gasteiger partial charge < -0.3 is 10.1 Å². The predicted molar refractivity (Wildman–Crippen MR) is 186 cm³/mol. The molecule has 2 aromatic heterocycles. The minimum atomic E-state index is -3.51. The average molecular weight is 694 g/mol. The fourth-order valence-corrected chi connectivity index (χ4v) is 5.83. The highest BCUT2D eigenvalue weighted by molar-refractivity contribution is 7.90. The molecule has 0 radical (unpaired) electrons. The van der Waals surface area contributed by atoms with Crippen LogP contribution in [0, 0.1) is 5.82 Å². The minimum Gasteiger partial charge on any atom is -0.495 e. The van der Waals surface area contributed by atoms with Crippen molar-refractivity contribution in [3.05, 3.63) is 102 Å². The summed E-state index contributed by atoms with van der Waals surface area (Å²) >= 11 is 0. The third-order valence-corrected chi connectivity index (χ3v) is 9.04. The van der Waals surface area contributed by atoms with Crippen LogP contribution in [-0.4, -0.2) is 61.7 Å². The molecule has 1 atom stereocenters. The summed E-state index contributed by atoms with van der Waals surface area (Å²) in [5.41, 5.74) is 4.19. The Morgan fingerprint density at radius 2 is 1.69 bits per heavy atom. The fraction of sp³-hybridized carbons (Fsp3) is 0.257. The Morgan fingerprint density at radius 1 is 1.00 bits per heavy atom. The molecule has 0 fully saturated rings. The highest BCUT2D eigenvalue weighted by atomic mass is 35.5. The van der Waals surface area contributed by atoms with Crippen molar-refractivity contribution in [2.45, 2.75) is 37.0 Å². The van der Waals surface area contributed by atoms with Gasteiger partial charge in [0.25, 0.3) is 5.95 Å². The van der Waals surface area contributed by atoms with Gasteiger partial charge in [0.1, 0.15) is 17.3 Å². The highest BCUT2D eigenvalue weighted by Gasteiger charge is 2.26. The molecule has 0 aliphatic rings. The van der Waals surface area contributed by atoms with Crippen LogP contribution < -0.4 is 15.0 Å². The zero-order valence-corrected chi connectivity index (χ0v) is 28.6. The fourth-order valence-electron chi connectivity index (χ4n) is 5.20. The third kappa shape index (κ3) is 8.25. The molecule has 0 aliphatic carbocycles. The number of nitrogens with zero attached hydrogens (tertiary/aromatic N) is 4. The predicted octanol–water partition coefficient (Wildman–Crippen LogP) is 5.95. The number of halogens is 2. The quantitative estimate of drug-likeness (QED) is 0.150. The first kappa shape index (κ1) is 36.2. The van der Waals surface area contributed by atoms with Crippen molar-refractivity contribution in [1.82, 2.24) is 19.9 Å². The van der Waals surface area contributed by atoms with Crippen LogP contribution in [0.4, 0.5) is 16.0 Å². The molecular weight excluding hydrogens is 657 g/mol. The summed E-state index contributed by atoms with van der Waals surface area (Å²) in [5.74, 6) is -0.622. The number of hydrogen-bond donors (Lipinski definition) is 1. The summed E-state index contributed by atoms with van der Waals surface area (Å²) in [5, 5.41) is 7.67. The first-order valence-electron chi connectivity index (χ1n) is 15.1. The summed E-state index contributed by atoms with van der Waals surface area (Å²) in [6.45, 7) is 2.45. The Hall–Kier alpha value is -4.65. The number of Topliss-reactive ketones (excluding diaryl/α,β-unsaturated/α-hetero) is 1. The van der Waals surface area contributed by atoms with Gasteiger partial charge in [-0.05, 0) is 73.1 Å². The monoisotopic (exact) mass is 693 g/mol. The molecule has 5 aromatic rings. The number of rotatable bonds is 13. The first-order valence-corrected chi connectivity index (χ1v) is 17.0. The molecule has 3 aromatic carbocycles. The number of pyridine rings is 1. The van der Waals surface area contributed by atoms with Crippen LogP contribution in [0.5, 0.6) is 5.75 Å². The van der Waals surface area contributed by atoms with E-state index in [-0.39, 0.29) is 65.3 Å². The van der Waals surface area contributed by atoms with E-state index in [0.717, 1.165) is 28.5 Å². The molecule has 0 saturated heterocycles. The molecule has 0 aliphatic heterocycles.